The molecule has 0 aliphatic carbocycles. The molecule has 1 amide bonds. The number of carbonyl (C=O) groups excluding carboxylic acids is 1. The third kappa shape index (κ3) is 5.71. The van der Waals surface area contributed by atoms with E-state index in [1.807, 2.05) is 30.5 Å². The van der Waals surface area contributed by atoms with E-state index in [2.05, 4.69) is 10.7 Å². The van der Waals surface area contributed by atoms with E-state index in [1.54, 1.807) is 0 Å². The van der Waals surface area contributed by atoms with Gasteiger partial charge in [0.25, 0.3) is 0 Å². The summed E-state index contributed by atoms with van der Waals surface area (Å²) in [7, 11) is 0. The molecule has 0 aliphatic heterocycles. The first-order chi connectivity index (χ1) is 11.2. The molecule has 0 fully saturated rings. The number of hydrogen-bond acceptors (Lipinski definition) is 5. The Labute approximate surface area is 137 Å². The summed E-state index contributed by atoms with van der Waals surface area (Å²) in [5, 5.41) is 17.9. The number of H-pyrrole nitrogens is 1. The highest BCUT2D eigenvalue weighted by atomic mass is 16.4. The van der Waals surface area contributed by atoms with Crippen molar-refractivity contribution in [1.82, 2.24) is 4.98 Å². The Balaban J connectivity index is 0.000000277. The predicted octanol–water partition coefficient (Wildman–Crippen LogP) is -0.604. The molecule has 0 radical (unpaired) electrons. The van der Waals surface area contributed by atoms with Crippen LogP contribution in [0.5, 0.6) is 0 Å². The number of aromatic nitrogens is 1. The number of carboxylic acid groups (broad SMARTS) is 2. The lowest BCUT2D eigenvalue weighted by atomic mass is 10.1. The molecule has 0 saturated heterocycles. The van der Waals surface area contributed by atoms with Crippen molar-refractivity contribution in [2.75, 3.05) is 0 Å². The van der Waals surface area contributed by atoms with Crippen LogP contribution in [0.2, 0.25) is 0 Å². The molecular formula is C15H20N4O5. The molecule has 2 unspecified atom stereocenters. The Morgan fingerprint density at radius 1 is 1.04 bits per heavy atom. The van der Waals surface area contributed by atoms with Gasteiger partial charge >= 0.3 is 11.9 Å². The quantitative estimate of drug-likeness (QED) is 0.406. The normalized spacial score (nSPS) is 12.8. The summed E-state index contributed by atoms with van der Waals surface area (Å²) in [5.41, 5.74) is 17.0. The van der Waals surface area contributed by atoms with Crippen molar-refractivity contribution in [3.8, 4) is 0 Å². The second-order valence-corrected chi connectivity index (χ2v) is 5.12. The summed E-state index contributed by atoms with van der Waals surface area (Å²) >= 11 is 0. The highest BCUT2D eigenvalue weighted by Crippen LogP contribution is 2.18. The van der Waals surface area contributed by atoms with Gasteiger partial charge in [-0.15, -0.1) is 0 Å². The number of benzene rings is 1. The Bertz CT molecular complexity index is 727. The number of fused-ring (bicyclic) bond motifs is 1. The molecule has 1 heterocycles. The predicted molar refractivity (Wildman–Crippen MR) is 87.0 cm³/mol. The van der Waals surface area contributed by atoms with Crippen LogP contribution in [0.25, 0.3) is 10.9 Å². The van der Waals surface area contributed by atoms with Gasteiger partial charge in [0.2, 0.25) is 5.91 Å². The van der Waals surface area contributed by atoms with Crippen LogP contribution in [0, 0.1) is 0 Å². The van der Waals surface area contributed by atoms with Crippen molar-refractivity contribution in [2.24, 2.45) is 17.2 Å². The Morgan fingerprint density at radius 3 is 2.12 bits per heavy atom. The second kappa shape index (κ2) is 8.65. The number of aromatic amines is 1. The molecule has 130 valence electrons. The van der Waals surface area contributed by atoms with Crippen molar-refractivity contribution < 1.29 is 24.6 Å². The molecule has 2 rings (SSSR count). The first-order valence-corrected chi connectivity index (χ1v) is 7.02. The van der Waals surface area contributed by atoms with Crippen LogP contribution in [0.1, 0.15) is 12.0 Å². The fourth-order valence-corrected chi connectivity index (χ4v) is 1.93. The number of carboxylic acids is 2. The maximum absolute atomic E-state index is 10.6. The van der Waals surface area contributed by atoms with E-state index in [-0.39, 0.29) is 6.42 Å². The summed E-state index contributed by atoms with van der Waals surface area (Å²) in [6.07, 6.45) is 1.85. The third-order valence-electron chi connectivity index (χ3n) is 3.17. The van der Waals surface area contributed by atoms with Gasteiger partial charge in [-0.05, 0) is 11.6 Å². The van der Waals surface area contributed by atoms with Crippen molar-refractivity contribution in [1.29, 1.82) is 0 Å². The lowest BCUT2D eigenvalue weighted by molar-refractivity contribution is -0.140. The molecule has 9 heteroatoms. The van der Waals surface area contributed by atoms with Gasteiger partial charge < -0.3 is 32.4 Å². The molecule has 0 saturated carbocycles. The van der Waals surface area contributed by atoms with Gasteiger partial charge in [-0.1, -0.05) is 18.2 Å². The Hall–Kier alpha value is -2.91. The molecule has 1 aromatic carbocycles. The number of nitrogens with two attached hydrogens (primary N) is 3. The molecular weight excluding hydrogens is 316 g/mol. The standard InChI is InChI=1S/C11H12N2O2.C4H8N2O3/c12-9(11(14)15)5-7-6-13-10-4-2-1-3-8(7)10;5-2(4(8)9)1-3(6)7/h1-4,6,9,13H,5,12H2,(H,14,15);2H,1,5H2,(H2,6,7)(H,8,9). The van der Waals surface area contributed by atoms with Crippen LogP contribution in [-0.2, 0) is 20.8 Å². The molecule has 0 spiro atoms. The molecule has 0 aliphatic rings. The lowest BCUT2D eigenvalue weighted by Crippen LogP contribution is -2.34. The second-order valence-electron chi connectivity index (χ2n) is 5.12. The maximum Gasteiger partial charge on any atom is 0.321 e. The van der Waals surface area contributed by atoms with Crippen molar-refractivity contribution in [3.63, 3.8) is 0 Å². The van der Waals surface area contributed by atoms with Crippen molar-refractivity contribution >= 4 is 28.7 Å². The minimum atomic E-state index is -1.21. The number of nitrogens with one attached hydrogen (secondary N) is 1. The fourth-order valence-electron chi connectivity index (χ4n) is 1.93. The van der Waals surface area contributed by atoms with E-state index >= 15 is 0 Å². The van der Waals surface area contributed by atoms with Gasteiger partial charge in [0, 0.05) is 23.5 Å². The smallest absolute Gasteiger partial charge is 0.321 e. The van der Waals surface area contributed by atoms with E-state index in [0.29, 0.717) is 6.42 Å². The van der Waals surface area contributed by atoms with Crippen molar-refractivity contribution in [2.45, 2.75) is 24.9 Å². The average molecular weight is 336 g/mol. The van der Waals surface area contributed by atoms with Gasteiger partial charge in [-0.2, -0.15) is 0 Å². The summed E-state index contributed by atoms with van der Waals surface area (Å²) in [6.45, 7) is 0. The topological polar surface area (TPSA) is 186 Å². The zero-order chi connectivity index (χ0) is 18.3. The largest absolute Gasteiger partial charge is 0.480 e. The number of rotatable bonds is 6. The van der Waals surface area contributed by atoms with Gasteiger partial charge in [-0.25, -0.2) is 0 Å². The summed E-state index contributed by atoms with van der Waals surface area (Å²) in [5.74, 6) is -2.89. The first kappa shape index (κ1) is 19.1. The Morgan fingerprint density at radius 2 is 1.62 bits per heavy atom. The monoisotopic (exact) mass is 336 g/mol. The van der Waals surface area contributed by atoms with E-state index in [0.717, 1.165) is 16.5 Å². The molecule has 24 heavy (non-hydrogen) atoms. The highest BCUT2D eigenvalue weighted by molar-refractivity contribution is 5.84. The lowest BCUT2D eigenvalue weighted by Gasteiger charge is -2.04. The Kier molecular flexibility index (Phi) is 6.90. The minimum Gasteiger partial charge on any atom is -0.480 e. The van der Waals surface area contributed by atoms with Crippen LogP contribution in [0.15, 0.2) is 30.5 Å². The summed E-state index contributed by atoms with van der Waals surface area (Å²) < 4.78 is 0. The van der Waals surface area contributed by atoms with E-state index in [9.17, 15) is 14.4 Å². The molecule has 1 aromatic heterocycles. The van der Waals surface area contributed by atoms with E-state index < -0.39 is 29.9 Å². The fraction of sp³-hybridized carbons (Fsp3) is 0.267. The van der Waals surface area contributed by atoms with Crippen molar-refractivity contribution in [3.05, 3.63) is 36.0 Å². The number of amides is 1. The molecule has 2 aromatic rings. The van der Waals surface area contributed by atoms with Gasteiger partial charge in [0.15, 0.2) is 0 Å². The average Bonchev–Trinajstić information content (AvgIpc) is 2.90. The number of carbonyl (C=O) groups is 3. The highest BCUT2D eigenvalue weighted by Gasteiger charge is 2.14. The molecule has 9 N–H and O–H groups in total. The SMILES string of the molecule is NC(=O)CC(N)C(=O)O.NC(Cc1c[nH]c2ccccc12)C(=O)O. The zero-order valence-corrected chi connectivity index (χ0v) is 12.8. The molecule has 2 atom stereocenters. The number of para-hydroxylation sites is 1. The minimum absolute atomic E-state index is 0.310. The van der Waals surface area contributed by atoms with Gasteiger partial charge in [0.1, 0.15) is 12.1 Å². The first-order valence-electron chi connectivity index (χ1n) is 7.02. The van der Waals surface area contributed by atoms with Crippen LogP contribution < -0.4 is 17.2 Å². The number of hydrogen-bond donors (Lipinski definition) is 6. The summed E-state index contributed by atoms with van der Waals surface area (Å²) in [6, 6.07) is 5.75. The van der Waals surface area contributed by atoms with Crippen LogP contribution in [0.4, 0.5) is 0 Å². The zero-order valence-electron chi connectivity index (χ0n) is 12.8. The molecule has 9 nitrogen and oxygen atoms in total. The van der Waals surface area contributed by atoms with E-state index in [1.165, 1.54) is 0 Å². The van der Waals surface area contributed by atoms with Gasteiger partial charge in [0.05, 0.1) is 6.42 Å². The summed E-state index contributed by atoms with van der Waals surface area (Å²) in [4.78, 5) is 33.6. The molecule has 0 bridgehead atoms. The maximum atomic E-state index is 10.6. The number of aliphatic carboxylic acids is 2. The third-order valence-corrected chi connectivity index (χ3v) is 3.17. The van der Waals surface area contributed by atoms with Gasteiger partial charge in [-0.3, -0.25) is 14.4 Å². The van der Waals surface area contributed by atoms with Crippen LogP contribution in [-0.4, -0.2) is 45.1 Å². The number of primary amides is 1. The van der Waals surface area contributed by atoms with Crippen LogP contribution in [0.3, 0.4) is 0 Å². The van der Waals surface area contributed by atoms with E-state index in [4.69, 9.17) is 21.7 Å². The van der Waals surface area contributed by atoms with Crippen LogP contribution >= 0.6 is 0 Å².